The molecule has 10 nitrogen and oxygen atoms in total. The van der Waals surface area contributed by atoms with Gasteiger partial charge in [-0.2, -0.15) is 0 Å². The van der Waals surface area contributed by atoms with Crippen molar-refractivity contribution in [2.75, 3.05) is 0 Å². The van der Waals surface area contributed by atoms with Crippen LogP contribution in [-0.2, 0) is 0 Å². The van der Waals surface area contributed by atoms with Crippen LogP contribution in [0.5, 0.6) is 28.7 Å². The monoisotopic (exact) mass is 931 g/mol. The molecule has 0 saturated carbocycles. The van der Waals surface area contributed by atoms with Crippen LogP contribution in [0.1, 0.15) is 0 Å². The Morgan fingerprint density at radius 1 is 0.348 bits per heavy atom. The van der Waals surface area contributed by atoms with Gasteiger partial charge in [-0.3, -0.25) is 0 Å². The molecule has 14 aromatic rings. The first-order valence-corrected chi connectivity index (χ1v) is 23.8. The minimum Gasteiger partial charge on any atom is -0.504 e. The van der Waals surface area contributed by atoms with E-state index in [1.807, 2.05) is 42.5 Å². The molecule has 0 bridgehead atoms. The number of benzene rings is 9. The number of hydrogen-bond acceptors (Lipinski definition) is 10. The Labute approximate surface area is 398 Å². The zero-order valence-electron chi connectivity index (χ0n) is 36.0. The normalized spacial score (nSPS) is 12.1. The third kappa shape index (κ3) is 5.55. The lowest BCUT2D eigenvalue weighted by molar-refractivity contribution is 0.329. The van der Waals surface area contributed by atoms with E-state index in [2.05, 4.69) is 137 Å². The summed E-state index contributed by atoms with van der Waals surface area (Å²) in [5.74, 6) is -4.68. The Balaban J connectivity index is 0.982. The van der Waals surface area contributed by atoms with Gasteiger partial charge in [0.1, 0.15) is 5.56 Å². The number of aromatic hydroxyl groups is 5. The van der Waals surface area contributed by atoms with Crippen LogP contribution in [-0.4, -0.2) is 49.6 Å². The first kappa shape index (κ1) is 39.2. The van der Waals surface area contributed by atoms with Crippen molar-refractivity contribution in [1.82, 2.24) is 24.1 Å². The highest BCUT2D eigenvalue weighted by Crippen LogP contribution is 2.55. The third-order valence-electron chi connectivity index (χ3n) is 13.3. The van der Waals surface area contributed by atoms with E-state index in [-0.39, 0.29) is 17.5 Å². The molecule has 5 N–H and O–H groups in total. The van der Waals surface area contributed by atoms with Crippen LogP contribution in [0.15, 0.2) is 170 Å². The van der Waals surface area contributed by atoms with E-state index in [0.717, 1.165) is 84.6 Å². The lowest BCUT2D eigenvalue weighted by Gasteiger charge is -2.13. The smallest absolute Gasteiger partial charge is 0.208 e. The Hall–Kier alpha value is -8.97. The molecule has 5 heterocycles. The number of nitrogens with zero attached hydrogens (tertiary/aromatic N) is 5. The summed E-state index contributed by atoms with van der Waals surface area (Å²) in [4.78, 5) is 14.6. The molecule has 0 aliphatic heterocycles. The predicted molar refractivity (Wildman–Crippen MR) is 279 cm³/mol. The molecular formula is C57H33N5O5S2. The largest absolute Gasteiger partial charge is 0.504 e. The highest BCUT2D eigenvalue weighted by Gasteiger charge is 2.28. The Morgan fingerprint density at radius 2 is 0.870 bits per heavy atom. The van der Waals surface area contributed by atoms with Crippen LogP contribution in [0.3, 0.4) is 0 Å². The average molecular weight is 932 g/mol. The number of aromatic nitrogens is 5. The molecule has 0 fully saturated rings. The molecule has 5 aromatic heterocycles. The number of fused-ring (bicyclic) bond motifs is 12. The van der Waals surface area contributed by atoms with Gasteiger partial charge in [-0.15, -0.1) is 22.7 Å². The number of rotatable bonds is 5. The summed E-state index contributed by atoms with van der Waals surface area (Å²) in [5.41, 5.74) is 7.45. The second-order valence-electron chi connectivity index (χ2n) is 17.1. The van der Waals surface area contributed by atoms with Gasteiger partial charge in [-0.25, -0.2) is 15.0 Å². The molecule has 0 atom stereocenters. The Morgan fingerprint density at radius 3 is 1.61 bits per heavy atom. The first-order valence-electron chi connectivity index (χ1n) is 22.1. The van der Waals surface area contributed by atoms with Crippen molar-refractivity contribution < 1.29 is 25.5 Å². The van der Waals surface area contributed by atoms with E-state index in [9.17, 15) is 25.5 Å². The van der Waals surface area contributed by atoms with E-state index in [4.69, 9.17) is 15.0 Å². The van der Waals surface area contributed by atoms with Crippen LogP contribution in [0.25, 0.3) is 129 Å². The lowest BCUT2D eigenvalue weighted by Crippen LogP contribution is -2.01. The third-order valence-corrected chi connectivity index (χ3v) is 15.7. The van der Waals surface area contributed by atoms with Crippen LogP contribution in [0.4, 0.5) is 0 Å². The van der Waals surface area contributed by atoms with Crippen LogP contribution in [0, 0.1) is 0 Å². The summed E-state index contributed by atoms with van der Waals surface area (Å²) in [5, 5.41) is 62.8. The van der Waals surface area contributed by atoms with Gasteiger partial charge in [-0.05, 0) is 60.7 Å². The topological polar surface area (TPSA) is 150 Å². The van der Waals surface area contributed by atoms with Crippen molar-refractivity contribution >= 4 is 107 Å². The number of phenols is 5. The fourth-order valence-electron chi connectivity index (χ4n) is 10.3. The van der Waals surface area contributed by atoms with E-state index in [1.54, 1.807) is 22.7 Å². The second-order valence-corrected chi connectivity index (χ2v) is 19.2. The SMILES string of the molecule is Oc1c(O)c(O)c(-c2nc(-c3ccc4c(c3)sc3cccc(-n5c6ccccc6c6c(-n7c8ccccc8c8ccccc87)cccc65)c34)nc(-c3cccc4c3sc3ccccc34)n2)c(O)c1O. The molecule has 69 heavy (non-hydrogen) atoms. The van der Waals surface area contributed by atoms with Gasteiger partial charge in [0, 0.05) is 73.0 Å². The maximum atomic E-state index is 11.2. The van der Waals surface area contributed by atoms with Gasteiger partial charge in [-0.1, -0.05) is 109 Å². The van der Waals surface area contributed by atoms with Gasteiger partial charge in [0.15, 0.2) is 29.0 Å². The minimum atomic E-state index is -1.07. The lowest BCUT2D eigenvalue weighted by atomic mass is 10.1. The average Bonchev–Trinajstić information content (AvgIpc) is 4.15. The minimum absolute atomic E-state index is 0.221. The highest BCUT2D eigenvalue weighted by molar-refractivity contribution is 7.26. The summed E-state index contributed by atoms with van der Waals surface area (Å²) in [6.07, 6.45) is 0. The summed E-state index contributed by atoms with van der Waals surface area (Å²) < 4.78 is 8.83. The molecule has 0 radical (unpaired) electrons. The standard InChI is InChI=1S/C57H33N5O5S2/c63-49-48(50(64)52(66)53(67)51(49)65)57-59-55(58-56(60-57)36-17-9-16-33-32-14-4-8-24-43(32)69-54(33)36)29-26-27-35-45(28-29)68-44-25-11-23-42(47(35)44)62-39-20-7-3-15-34(39)46-40(21-10-22-41(46)62)61-37-18-5-1-12-30(37)31-13-2-6-19-38(31)61/h1-28,63-67H. The summed E-state index contributed by atoms with van der Waals surface area (Å²) in [6.45, 7) is 0. The molecule has 328 valence electrons. The molecule has 14 rings (SSSR count). The van der Waals surface area contributed by atoms with E-state index < -0.39 is 34.3 Å². The van der Waals surface area contributed by atoms with Gasteiger partial charge in [0.25, 0.3) is 0 Å². The summed E-state index contributed by atoms with van der Waals surface area (Å²) >= 11 is 3.24. The number of phenolic OH excluding ortho intramolecular Hbond substituents is 5. The number of para-hydroxylation sites is 3. The van der Waals surface area contributed by atoms with Crippen molar-refractivity contribution in [2.45, 2.75) is 0 Å². The quantitative estimate of drug-likeness (QED) is 0.0846. The van der Waals surface area contributed by atoms with Crippen LogP contribution < -0.4 is 0 Å². The summed E-state index contributed by atoms with van der Waals surface area (Å²) in [7, 11) is 0. The highest BCUT2D eigenvalue weighted by atomic mass is 32.1. The van der Waals surface area contributed by atoms with Gasteiger partial charge in [0.2, 0.25) is 17.2 Å². The second kappa shape index (κ2) is 14.5. The fourth-order valence-corrected chi connectivity index (χ4v) is 12.7. The number of hydrogen-bond donors (Lipinski definition) is 5. The van der Waals surface area contributed by atoms with Crippen molar-refractivity contribution in [3.05, 3.63) is 170 Å². The Kier molecular flexibility index (Phi) is 8.25. The molecule has 0 saturated heterocycles. The zero-order valence-corrected chi connectivity index (χ0v) is 37.6. The molecular weight excluding hydrogens is 899 g/mol. The zero-order chi connectivity index (χ0) is 46.2. The predicted octanol–water partition coefficient (Wildman–Crippen LogP) is 14.3. The van der Waals surface area contributed by atoms with Crippen LogP contribution >= 0.6 is 22.7 Å². The Bertz CT molecular complexity index is 4450. The molecule has 12 heteroatoms. The van der Waals surface area contributed by atoms with Crippen molar-refractivity contribution in [3.63, 3.8) is 0 Å². The van der Waals surface area contributed by atoms with Crippen LogP contribution in [0.2, 0.25) is 0 Å². The van der Waals surface area contributed by atoms with Crippen molar-refractivity contribution in [3.8, 4) is 74.3 Å². The van der Waals surface area contributed by atoms with E-state index in [0.29, 0.717) is 11.1 Å². The maximum Gasteiger partial charge on any atom is 0.208 e. The summed E-state index contributed by atoms with van der Waals surface area (Å²) in [6, 6.07) is 58.8. The fraction of sp³-hybridized carbons (Fsp3) is 0. The molecule has 0 unspecified atom stereocenters. The van der Waals surface area contributed by atoms with Crippen molar-refractivity contribution in [2.24, 2.45) is 0 Å². The molecule has 0 spiro atoms. The molecule has 0 aliphatic carbocycles. The number of thiophene rings is 2. The van der Waals surface area contributed by atoms with E-state index >= 15 is 0 Å². The van der Waals surface area contributed by atoms with Gasteiger partial charge in [0.05, 0.1) is 33.4 Å². The van der Waals surface area contributed by atoms with Gasteiger partial charge < -0.3 is 34.7 Å². The van der Waals surface area contributed by atoms with E-state index in [1.165, 1.54) is 10.8 Å². The first-order chi connectivity index (χ1) is 33.8. The van der Waals surface area contributed by atoms with Gasteiger partial charge >= 0.3 is 0 Å². The van der Waals surface area contributed by atoms with Crippen molar-refractivity contribution in [1.29, 1.82) is 0 Å². The molecule has 9 aromatic carbocycles. The molecule has 0 aliphatic rings. The maximum absolute atomic E-state index is 11.2. The molecule has 0 amide bonds.